The van der Waals surface area contributed by atoms with Crippen molar-refractivity contribution in [2.45, 2.75) is 0 Å². The third kappa shape index (κ3) is 1.71. The molecule has 0 bridgehead atoms. The maximum absolute atomic E-state index is 12.8. The van der Waals surface area contributed by atoms with Gasteiger partial charge in [-0.2, -0.15) is 5.26 Å². The van der Waals surface area contributed by atoms with Gasteiger partial charge in [-0.1, -0.05) is 15.9 Å². The van der Waals surface area contributed by atoms with Crippen molar-refractivity contribution in [3.8, 4) is 6.19 Å². The summed E-state index contributed by atoms with van der Waals surface area (Å²) in [6, 6.07) is 2.14. The van der Waals surface area contributed by atoms with E-state index in [0.29, 0.717) is 4.47 Å². The van der Waals surface area contributed by atoms with Gasteiger partial charge in [0.15, 0.2) is 17.8 Å². The van der Waals surface area contributed by atoms with Crippen LogP contribution < -0.4 is 5.32 Å². The number of hydrogen-bond donors (Lipinski definition) is 1. The fourth-order valence-electron chi connectivity index (χ4n) is 0.718. The normalized spacial score (nSPS) is 9.17. The molecule has 0 aliphatic heterocycles. The molecular weight excluding hydrogens is 230 g/mol. The lowest BCUT2D eigenvalue weighted by Gasteiger charge is -2.01. The lowest BCUT2D eigenvalue weighted by atomic mass is 10.3. The second-order valence-electron chi connectivity index (χ2n) is 1.98. The topological polar surface area (TPSA) is 35.8 Å². The molecule has 5 heteroatoms. The molecule has 0 fully saturated rings. The average Bonchev–Trinajstić information content (AvgIpc) is 1.96. The van der Waals surface area contributed by atoms with Gasteiger partial charge in [0, 0.05) is 4.47 Å². The molecule has 0 aliphatic rings. The van der Waals surface area contributed by atoms with Gasteiger partial charge in [0.05, 0.1) is 0 Å². The first-order chi connectivity index (χ1) is 5.65. The lowest BCUT2D eigenvalue weighted by molar-refractivity contribution is 0.589. The maximum Gasteiger partial charge on any atom is 0.181 e. The van der Waals surface area contributed by atoms with E-state index < -0.39 is 17.3 Å². The largest absolute Gasteiger partial charge is 0.287 e. The summed E-state index contributed by atoms with van der Waals surface area (Å²) in [5, 5.41) is 10.0. The third-order valence-electron chi connectivity index (χ3n) is 1.19. The first-order valence-electron chi connectivity index (χ1n) is 2.95. The minimum Gasteiger partial charge on any atom is -0.287 e. The molecule has 0 amide bonds. The summed E-state index contributed by atoms with van der Waals surface area (Å²) in [5.41, 5.74) is -0.430. The Morgan fingerprint density at radius 3 is 2.25 bits per heavy atom. The van der Waals surface area contributed by atoms with Crippen LogP contribution in [0.25, 0.3) is 0 Å². The van der Waals surface area contributed by atoms with Gasteiger partial charge in [-0.25, -0.2) is 8.78 Å². The molecule has 1 aromatic carbocycles. The molecule has 12 heavy (non-hydrogen) atoms. The van der Waals surface area contributed by atoms with Crippen molar-refractivity contribution in [1.82, 2.24) is 0 Å². The van der Waals surface area contributed by atoms with Gasteiger partial charge in [0.25, 0.3) is 0 Å². The van der Waals surface area contributed by atoms with Gasteiger partial charge >= 0.3 is 0 Å². The molecular formula is C7H3BrF2N2. The van der Waals surface area contributed by atoms with Crippen molar-refractivity contribution < 1.29 is 8.78 Å². The fraction of sp³-hybridized carbons (Fsp3) is 0. The third-order valence-corrected chi connectivity index (χ3v) is 1.65. The lowest BCUT2D eigenvalue weighted by Crippen LogP contribution is -1.95. The number of benzene rings is 1. The van der Waals surface area contributed by atoms with Crippen LogP contribution in [0.3, 0.4) is 0 Å². The van der Waals surface area contributed by atoms with Crippen molar-refractivity contribution in [3.63, 3.8) is 0 Å². The van der Waals surface area contributed by atoms with Gasteiger partial charge in [0.2, 0.25) is 0 Å². The highest BCUT2D eigenvalue weighted by Gasteiger charge is 2.08. The molecule has 0 spiro atoms. The number of hydrogen-bond acceptors (Lipinski definition) is 2. The first kappa shape index (κ1) is 8.94. The van der Waals surface area contributed by atoms with Crippen LogP contribution in [0.15, 0.2) is 16.6 Å². The van der Waals surface area contributed by atoms with Crippen molar-refractivity contribution in [3.05, 3.63) is 28.2 Å². The number of nitriles is 1. The Labute approximate surface area is 75.9 Å². The first-order valence-corrected chi connectivity index (χ1v) is 3.74. The van der Waals surface area contributed by atoms with Crippen LogP contribution in [0, 0.1) is 23.1 Å². The van der Waals surface area contributed by atoms with Crippen molar-refractivity contribution >= 4 is 21.6 Å². The second kappa shape index (κ2) is 3.50. The van der Waals surface area contributed by atoms with E-state index in [9.17, 15) is 8.78 Å². The highest BCUT2D eigenvalue weighted by Crippen LogP contribution is 2.23. The van der Waals surface area contributed by atoms with Crippen molar-refractivity contribution in [2.24, 2.45) is 0 Å². The van der Waals surface area contributed by atoms with E-state index in [2.05, 4.69) is 15.9 Å². The van der Waals surface area contributed by atoms with Crippen LogP contribution in [0.2, 0.25) is 0 Å². The van der Waals surface area contributed by atoms with E-state index in [0.717, 1.165) is 12.1 Å². The fourth-order valence-corrected chi connectivity index (χ4v) is 1.12. The van der Waals surface area contributed by atoms with E-state index in [4.69, 9.17) is 5.26 Å². The molecule has 0 radical (unpaired) electrons. The molecule has 2 nitrogen and oxygen atoms in total. The van der Waals surface area contributed by atoms with Crippen LogP contribution >= 0.6 is 15.9 Å². The summed E-state index contributed by atoms with van der Waals surface area (Å²) in [6.07, 6.45) is 1.44. The molecule has 1 aromatic rings. The van der Waals surface area contributed by atoms with Gasteiger partial charge in [-0.05, 0) is 12.1 Å². The highest BCUT2D eigenvalue weighted by atomic mass is 79.9. The van der Waals surface area contributed by atoms with Crippen LogP contribution in [0.4, 0.5) is 14.5 Å². The van der Waals surface area contributed by atoms with Gasteiger partial charge in [-0.3, -0.25) is 5.32 Å². The van der Waals surface area contributed by atoms with Crippen LogP contribution in [-0.4, -0.2) is 0 Å². The predicted molar refractivity (Wildman–Crippen MR) is 43.3 cm³/mol. The zero-order valence-electron chi connectivity index (χ0n) is 5.74. The van der Waals surface area contributed by atoms with Gasteiger partial charge in [-0.15, -0.1) is 0 Å². The van der Waals surface area contributed by atoms with Crippen molar-refractivity contribution in [2.75, 3.05) is 5.32 Å². The Balaban J connectivity index is 3.21. The Hall–Kier alpha value is -1.15. The van der Waals surface area contributed by atoms with Crippen LogP contribution in [0.1, 0.15) is 0 Å². The SMILES string of the molecule is N#CNc1c(F)cc(Br)cc1F. The van der Waals surface area contributed by atoms with E-state index >= 15 is 0 Å². The van der Waals surface area contributed by atoms with Gasteiger partial charge < -0.3 is 0 Å². The summed E-state index contributed by atoms with van der Waals surface area (Å²) >= 11 is 2.91. The summed E-state index contributed by atoms with van der Waals surface area (Å²) in [5.74, 6) is -1.60. The number of halogens is 3. The van der Waals surface area contributed by atoms with E-state index in [1.807, 2.05) is 5.32 Å². The number of nitrogens with zero attached hydrogens (tertiary/aromatic N) is 1. The molecule has 62 valence electrons. The zero-order chi connectivity index (χ0) is 9.14. The predicted octanol–water partition coefficient (Wildman–Crippen LogP) is 2.62. The maximum atomic E-state index is 12.8. The molecule has 0 heterocycles. The number of anilines is 1. The van der Waals surface area contributed by atoms with Crippen LogP contribution in [-0.2, 0) is 0 Å². The van der Waals surface area contributed by atoms with E-state index in [1.165, 1.54) is 6.19 Å². The number of nitrogens with one attached hydrogen (secondary N) is 1. The summed E-state index contributed by atoms with van der Waals surface area (Å²) in [6.45, 7) is 0. The minimum absolute atomic E-state index is 0.293. The Morgan fingerprint density at radius 1 is 1.33 bits per heavy atom. The van der Waals surface area contributed by atoms with E-state index in [-0.39, 0.29) is 0 Å². The molecule has 0 unspecified atom stereocenters. The molecule has 1 rings (SSSR count). The average molecular weight is 233 g/mol. The second-order valence-corrected chi connectivity index (χ2v) is 2.90. The smallest absolute Gasteiger partial charge is 0.181 e. The molecule has 0 saturated heterocycles. The standard InChI is InChI=1S/C7H3BrF2N2/c8-4-1-5(9)7(12-3-11)6(10)2-4/h1-2,12H. The van der Waals surface area contributed by atoms with E-state index in [1.54, 1.807) is 0 Å². The van der Waals surface area contributed by atoms with Crippen molar-refractivity contribution in [1.29, 1.82) is 5.26 Å². The number of rotatable bonds is 1. The highest BCUT2D eigenvalue weighted by molar-refractivity contribution is 9.10. The molecule has 0 aromatic heterocycles. The van der Waals surface area contributed by atoms with Gasteiger partial charge in [0.1, 0.15) is 5.69 Å². The monoisotopic (exact) mass is 232 g/mol. The zero-order valence-corrected chi connectivity index (χ0v) is 7.32. The molecule has 1 N–H and O–H groups in total. The summed E-state index contributed by atoms with van der Waals surface area (Å²) < 4.78 is 25.9. The van der Waals surface area contributed by atoms with Crippen LogP contribution in [0.5, 0.6) is 0 Å². The molecule has 0 aliphatic carbocycles. The summed E-state index contributed by atoms with van der Waals surface area (Å²) in [7, 11) is 0. The molecule has 0 atom stereocenters. The molecule has 0 saturated carbocycles. The Morgan fingerprint density at radius 2 is 1.83 bits per heavy atom. The quantitative estimate of drug-likeness (QED) is 0.597. The minimum atomic E-state index is -0.802. The summed E-state index contributed by atoms with van der Waals surface area (Å²) in [4.78, 5) is 0. The Bertz CT molecular complexity index is 323. The Kier molecular flexibility index (Phi) is 2.61.